The van der Waals surface area contributed by atoms with Crippen LogP contribution in [-0.2, 0) is 6.18 Å². The Hall–Kier alpha value is -1.23. The van der Waals surface area contributed by atoms with Crippen LogP contribution in [0.5, 0.6) is 0 Å². The van der Waals surface area contributed by atoms with Crippen molar-refractivity contribution in [2.24, 2.45) is 0 Å². The van der Waals surface area contributed by atoms with Crippen LogP contribution in [0.2, 0.25) is 10.0 Å². The molecule has 0 aromatic heterocycles. The van der Waals surface area contributed by atoms with Crippen LogP contribution in [0.25, 0.3) is 0 Å². The zero-order chi connectivity index (χ0) is 15.6. The zero-order valence-corrected chi connectivity index (χ0v) is 12.5. The van der Waals surface area contributed by atoms with Gasteiger partial charge in [-0.2, -0.15) is 13.2 Å². The number of rotatable bonds is 3. The molecule has 1 atom stereocenters. The normalized spacial score (nSPS) is 13.2. The summed E-state index contributed by atoms with van der Waals surface area (Å²) in [6.07, 6.45) is -4.42. The van der Waals surface area contributed by atoms with Crippen LogP contribution in [0.4, 0.5) is 13.2 Å². The molecule has 0 saturated heterocycles. The molecule has 1 N–H and O–H groups in total. The van der Waals surface area contributed by atoms with Crippen molar-refractivity contribution >= 4 is 23.2 Å². The lowest BCUT2D eigenvalue weighted by atomic mass is 9.94. The Balaban J connectivity index is 2.57. The molecule has 0 aliphatic carbocycles. The van der Waals surface area contributed by atoms with E-state index in [4.69, 9.17) is 23.2 Å². The monoisotopic (exact) mass is 333 g/mol. The quantitative estimate of drug-likeness (QED) is 0.801. The molecular weight excluding hydrogens is 322 g/mol. The van der Waals surface area contributed by atoms with E-state index in [9.17, 15) is 13.2 Å². The van der Waals surface area contributed by atoms with Gasteiger partial charge in [0.2, 0.25) is 0 Å². The Bertz CT molecular complexity index is 621. The molecule has 1 unspecified atom stereocenters. The van der Waals surface area contributed by atoms with Gasteiger partial charge in [0.25, 0.3) is 0 Å². The first kappa shape index (κ1) is 16.1. The molecule has 2 rings (SSSR count). The second-order valence-electron chi connectivity index (χ2n) is 4.51. The van der Waals surface area contributed by atoms with Crippen molar-refractivity contribution in [1.29, 1.82) is 0 Å². The summed E-state index contributed by atoms with van der Waals surface area (Å²) in [6, 6.07) is 9.52. The Morgan fingerprint density at radius 2 is 1.57 bits per heavy atom. The molecule has 0 aliphatic rings. The lowest BCUT2D eigenvalue weighted by Gasteiger charge is -2.22. The fourth-order valence-electron chi connectivity index (χ4n) is 2.25. The van der Waals surface area contributed by atoms with E-state index in [0.29, 0.717) is 15.6 Å². The standard InChI is InChI=1S/C15H12Cl2F3N/c1-21-14(9-6-10(16)8-11(17)7-9)12-4-2-3-5-13(12)15(18,19)20/h2-8,14,21H,1H3. The van der Waals surface area contributed by atoms with Crippen LogP contribution in [-0.4, -0.2) is 7.05 Å². The summed E-state index contributed by atoms with van der Waals surface area (Å²) >= 11 is 11.9. The van der Waals surface area contributed by atoms with E-state index >= 15 is 0 Å². The molecule has 0 bridgehead atoms. The summed E-state index contributed by atoms with van der Waals surface area (Å²) in [5.74, 6) is 0. The van der Waals surface area contributed by atoms with Crippen LogP contribution in [0.1, 0.15) is 22.7 Å². The maximum absolute atomic E-state index is 13.1. The minimum Gasteiger partial charge on any atom is -0.309 e. The molecule has 0 aliphatic heterocycles. The molecule has 0 saturated carbocycles. The predicted molar refractivity (Wildman–Crippen MR) is 78.8 cm³/mol. The maximum Gasteiger partial charge on any atom is 0.416 e. The predicted octanol–water partition coefficient (Wildman–Crippen LogP) is 5.32. The van der Waals surface area contributed by atoms with Gasteiger partial charge >= 0.3 is 6.18 Å². The van der Waals surface area contributed by atoms with Crippen molar-refractivity contribution in [2.75, 3.05) is 7.05 Å². The molecule has 2 aromatic rings. The molecular formula is C15H12Cl2F3N. The van der Waals surface area contributed by atoms with Crippen molar-refractivity contribution in [3.63, 3.8) is 0 Å². The van der Waals surface area contributed by atoms with Crippen LogP contribution in [0, 0.1) is 0 Å². The van der Waals surface area contributed by atoms with Gasteiger partial charge in [-0.05, 0) is 42.4 Å². The molecule has 0 radical (unpaired) electrons. The highest BCUT2D eigenvalue weighted by Crippen LogP contribution is 2.37. The molecule has 1 nitrogen and oxygen atoms in total. The van der Waals surface area contributed by atoms with E-state index in [1.54, 1.807) is 25.2 Å². The van der Waals surface area contributed by atoms with Gasteiger partial charge < -0.3 is 5.32 Å². The molecule has 0 spiro atoms. The van der Waals surface area contributed by atoms with Gasteiger partial charge in [0.1, 0.15) is 0 Å². The van der Waals surface area contributed by atoms with E-state index in [0.717, 1.165) is 6.07 Å². The summed E-state index contributed by atoms with van der Waals surface area (Å²) < 4.78 is 39.4. The Morgan fingerprint density at radius 3 is 2.10 bits per heavy atom. The topological polar surface area (TPSA) is 12.0 Å². The maximum atomic E-state index is 13.1. The number of nitrogens with one attached hydrogen (secondary N) is 1. The minimum absolute atomic E-state index is 0.130. The summed E-state index contributed by atoms with van der Waals surface area (Å²) in [7, 11) is 1.59. The minimum atomic E-state index is -4.42. The van der Waals surface area contributed by atoms with Crippen LogP contribution < -0.4 is 5.32 Å². The number of hydrogen-bond donors (Lipinski definition) is 1. The Morgan fingerprint density at radius 1 is 1.00 bits per heavy atom. The van der Waals surface area contributed by atoms with Crippen molar-refractivity contribution in [3.05, 3.63) is 69.2 Å². The average Bonchev–Trinajstić information content (AvgIpc) is 2.38. The molecule has 21 heavy (non-hydrogen) atoms. The van der Waals surface area contributed by atoms with E-state index in [1.165, 1.54) is 18.2 Å². The van der Waals surface area contributed by atoms with Gasteiger partial charge in [-0.1, -0.05) is 41.4 Å². The molecule has 0 heterocycles. The third-order valence-electron chi connectivity index (χ3n) is 3.08. The summed E-state index contributed by atoms with van der Waals surface area (Å²) in [4.78, 5) is 0. The molecule has 0 amide bonds. The van der Waals surface area contributed by atoms with Gasteiger partial charge in [-0.3, -0.25) is 0 Å². The van der Waals surface area contributed by atoms with E-state index in [2.05, 4.69) is 5.32 Å². The zero-order valence-electron chi connectivity index (χ0n) is 11.0. The third-order valence-corrected chi connectivity index (χ3v) is 3.52. The first-order chi connectivity index (χ1) is 9.82. The van der Waals surface area contributed by atoms with E-state index < -0.39 is 17.8 Å². The van der Waals surface area contributed by atoms with Crippen LogP contribution in [0.3, 0.4) is 0 Å². The molecule has 112 valence electrons. The highest BCUT2D eigenvalue weighted by molar-refractivity contribution is 6.34. The largest absolute Gasteiger partial charge is 0.416 e. The van der Waals surface area contributed by atoms with E-state index in [1.807, 2.05) is 0 Å². The van der Waals surface area contributed by atoms with Gasteiger partial charge in [0.15, 0.2) is 0 Å². The SMILES string of the molecule is CNC(c1cc(Cl)cc(Cl)c1)c1ccccc1C(F)(F)F. The molecule has 6 heteroatoms. The second-order valence-corrected chi connectivity index (χ2v) is 5.38. The lowest BCUT2D eigenvalue weighted by Crippen LogP contribution is -2.22. The second kappa shape index (κ2) is 6.26. The summed E-state index contributed by atoms with van der Waals surface area (Å²) in [5, 5.41) is 3.64. The summed E-state index contributed by atoms with van der Waals surface area (Å²) in [5.41, 5.74) is 0.0259. The van der Waals surface area contributed by atoms with Gasteiger partial charge in [-0.25, -0.2) is 0 Å². The van der Waals surface area contributed by atoms with Gasteiger partial charge in [0.05, 0.1) is 11.6 Å². The lowest BCUT2D eigenvalue weighted by molar-refractivity contribution is -0.138. The summed E-state index contributed by atoms with van der Waals surface area (Å²) in [6.45, 7) is 0. The number of benzene rings is 2. The Kier molecular flexibility index (Phi) is 4.81. The number of halogens is 5. The van der Waals surface area contributed by atoms with Gasteiger partial charge in [-0.15, -0.1) is 0 Å². The van der Waals surface area contributed by atoms with E-state index in [-0.39, 0.29) is 5.56 Å². The number of hydrogen-bond acceptors (Lipinski definition) is 1. The molecule has 0 fully saturated rings. The fourth-order valence-corrected chi connectivity index (χ4v) is 2.79. The van der Waals surface area contributed by atoms with Crippen molar-refractivity contribution in [3.8, 4) is 0 Å². The fraction of sp³-hybridized carbons (Fsp3) is 0.200. The average molecular weight is 334 g/mol. The highest BCUT2D eigenvalue weighted by atomic mass is 35.5. The van der Waals surface area contributed by atoms with Crippen LogP contribution >= 0.6 is 23.2 Å². The smallest absolute Gasteiger partial charge is 0.309 e. The van der Waals surface area contributed by atoms with Crippen molar-refractivity contribution < 1.29 is 13.2 Å². The number of alkyl halides is 3. The third kappa shape index (κ3) is 3.70. The highest BCUT2D eigenvalue weighted by Gasteiger charge is 2.35. The Labute approximate surface area is 130 Å². The first-order valence-electron chi connectivity index (χ1n) is 6.12. The van der Waals surface area contributed by atoms with Crippen molar-refractivity contribution in [2.45, 2.75) is 12.2 Å². The molecule has 2 aromatic carbocycles. The van der Waals surface area contributed by atoms with Gasteiger partial charge in [0, 0.05) is 10.0 Å². The van der Waals surface area contributed by atoms with Crippen LogP contribution in [0.15, 0.2) is 42.5 Å². The first-order valence-corrected chi connectivity index (χ1v) is 6.88. The van der Waals surface area contributed by atoms with Crippen molar-refractivity contribution in [1.82, 2.24) is 5.32 Å².